The average Bonchev–Trinajstić information content (AvgIpc) is 2.71. The minimum atomic E-state index is -0.981. The second-order valence-electron chi connectivity index (χ2n) is 9.57. The number of amides is 3. The van der Waals surface area contributed by atoms with Gasteiger partial charge in [0.2, 0.25) is 11.8 Å². The smallest absolute Gasteiger partial charge is 0.408 e. The summed E-state index contributed by atoms with van der Waals surface area (Å²) in [5.41, 5.74) is 1.83. The van der Waals surface area contributed by atoms with Crippen LogP contribution in [0.5, 0.6) is 0 Å². The summed E-state index contributed by atoms with van der Waals surface area (Å²) < 4.78 is 5.32. The van der Waals surface area contributed by atoms with E-state index in [0.717, 1.165) is 29.5 Å². The Morgan fingerprint density at radius 1 is 1.18 bits per heavy atom. The van der Waals surface area contributed by atoms with E-state index in [2.05, 4.69) is 36.8 Å². The van der Waals surface area contributed by atoms with Crippen molar-refractivity contribution in [1.82, 2.24) is 15.5 Å². The lowest BCUT2D eigenvalue weighted by Crippen LogP contribution is -2.54. The van der Waals surface area contributed by atoms with E-state index in [1.165, 1.54) is 4.90 Å². The number of rotatable bonds is 11. The number of nitrogens with one attached hydrogen (secondary N) is 2. The van der Waals surface area contributed by atoms with Crippen molar-refractivity contribution in [3.8, 4) is 0 Å². The van der Waals surface area contributed by atoms with E-state index in [1.807, 2.05) is 39.0 Å². The number of aryl methyl sites for hydroxylation is 2. The van der Waals surface area contributed by atoms with Crippen molar-refractivity contribution in [2.75, 3.05) is 12.3 Å². The first kappa shape index (κ1) is 29.6. The zero-order valence-corrected chi connectivity index (χ0v) is 22.5. The van der Waals surface area contributed by atoms with Gasteiger partial charge in [-0.1, -0.05) is 37.6 Å². The standard InChI is InChI=1S/C26H41N3O4S/c1-9-12-19(5)27-23(30)22(21-17(3)13-11-14-18(21)4)29(15-10-2)24(31)20(16-34)28-25(32)33-26(6,7)8/h10-11,13-14,19-20,22,34H,2,9,12,15-16H2,1,3-8H3,(H,27,30)(H,28,32). The molecule has 190 valence electrons. The number of carbonyl (C=O) groups excluding carboxylic acids is 3. The predicted molar refractivity (Wildman–Crippen MR) is 140 cm³/mol. The second-order valence-corrected chi connectivity index (χ2v) is 9.93. The number of benzene rings is 1. The van der Waals surface area contributed by atoms with Crippen molar-refractivity contribution < 1.29 is 19.1 Å². The van der Waals surface area contributed by atoms with Crippen molar-refractivity contribution in [3.05, 3.63) is 47.5 Å². The molecular formula is C26H41N3O4S. The molecule has 0 heterocycles. The van der Waals surface area contributed by atoms with Gasteiger partial charge in [0, 0.05) is 18.3 Å². The van der Waals surface area contributed by atoms with E-state index in [1.54, 1.807) is 26.8 Å². The first-order valence-corrected chi connectivity index (χ1v) is 12.4. The lowest BCUT2D eigenvalue weighted by atomic mass is 9.93. The fourth-order valence-electron chi connectivity index (χ4n) is 3.81. The van der Waals surface area contributed by atoms with Crippen LogP contribution < -0.4 is 10.6 Å². The Bertz CT molecular complexity index is 846. The average molecular weight is 492 g/mol. The molecule has 0 saturated heterocycles. The summed E-state index contributed by atoms with van der Waals surface area (Å²) in [6, 6.07) is 3.83. The zero-order chi connectivity index (χ0) is 26.1. The Hall–Kier alpha value is -2.48. The molecule has 3 unspecified atom stereocenters. The van der Waals surface area contributed by atoms with Crippen LogP contribution in [0.1, 0.15) is 70.2 Å². The summed E-state index contributed by atoms with van der Waals surface area (Å²) in [4.78, 5) is 41.1. The van der Waals surface area contributed by atoms with Gasteiger partial charge in [0.1, 0.15) is 17.7 Å². The van der Waals surface area contributed by atoms with Crippen molar-refractivity contribution in [1.29, 1.82) is 0 Å². The van der Waals surface area contributed by atoms with E-state index < -0.39 is 29.7 Å². The normalized spacial score (nSPS) is 13.9. The number of hydrogen-bond acceptors (Lipinski definition) is 5. The molecule has 0 bridgehead atoms. The van der Waals surface area contributed by atoms with Crippen molar-refractivity contribution >= 4 is 30.5 Å². The number of thiol groups is 1. The Morgan fingerprint density at radius 2 is 1.76 bits per heavy atom. The highest BCUT2D eigenvalue weighted by Crippen LogP contribution is 2.29. The molecule has 0 radical (unpaired) electrons. The summed E-state index contributed by atoms with van der Waals surface area (Å²) in [5, 5.41) is 5.66. The van der Waals surface area contributed by atoms with E-state index in [9.17, 15) is 14.4 Å². The summed E-state index contributed by atoms with van der Waals surface area (Å²) >= 11 is 4.29. The van der Waals surface area contributed by atoms with Gasteiger partial charge < -0.3 is 20.3 Å². The molecule has 3 amide bonds. The molecule has 0 aliphatic rings. The number of carbonyl (C=O) groups is 3. The van der Waals surface area contributed by atoms with Crippen LogP contribution in [0, 0.1) is 13.8 Å². The molecule has 34 heavy (non-hydrogen) atoms. The number of ether oxygens (including phenoxy) is 1. The molecule has 0 saturated carbocycles. The Kier molecular flexibility index (Phi) is 11.7. The third kappa shape index (κ3) is 8.70. The fraction of sp³-hybridized carbons (Fsp3) is 0.577. The van der Waals surface area contributed by atoms with Crippen molar-refractivity contribution in [3.63, 3.8) is 0 Å². The highest BCUT2D eigenvalue weighted by Gasteiger charge is 2.37. The molecule has 2 N–H and O–H groups in total. The second kappa shape index (κ2) is 13.4. The number of hydrogen-bond donors (Lipinski definition) is 3. The number of nitrogens with zero attached hydrogens (tertiary/aromatic N) is 1. The molecule has 0 aromatic heterocycles. The Labute approximate surface area is 210 Å². The molecule has 0 aliphatic carbocycles. The SMILES string of the molecule is C=CCN(C(=O)C(CS)NC(=O)OC(C)(C)C)C(C(=O)NC(C)CCC)c1c(C)cccc1C. The highest BCUT2D eigenvalue weighted by molar-refractivity contribution is 7.80. The molecular weight excluding hydrogens is 450 g/mol. The van der Waals surface area contributed by atoms with Gasteiger partial charge in [0.05, 0.1) is 0 Å². The van der Waals surface area contributed by atoms with Gasteiger partial charge in [-0.05, 0) is 64.7 Å². The van der Waals surface area contributed by atoms with E-state index in [-0.39, 0.29) is 24.2 Å². The van der Waals surface area contributed by atoms with Gasteiger partial charge in [0.25, 0.3) is 0 Å². The van der Waals surface area contributed by atoms with Crippen LogP contribution in [-0.4, -0.2) is 52.8 Å². The summed E-state index contributed by atoms with van der Waals surface area (Å²) in [6.07, 6.45) is 2.60. The van der Waals surface area contributed by atoms with Gasteiger partial charge in [-0.3, -0.25) is 9.59 Å². The van der Waals surface area contributed by atoms with Crippen LogP contribution in [0.3, 0.4) is 0 Å². The molecule has 1 aromatic rings. The predicted octanol–water partition coefficient (Wildman–Crippen LogP) is 4.49. The molecule has 0 fully saturated rings. The van der Waals surface area contributed by atoms with Crippen LogP contribution >= 0.6 is 12.6 Å². The molecule has 3 atom stereocenters. The van der Waals surface area contributed by atoms with Crippen LogP contribution in [0.25, 0.3) is 0 Å². The minimum Gasteiger partial charge on any atom is -0.444 e. The van der Waals surface area contributed by atoms with Gasteiger partial charge in [-0.2, -0.15) is 12.6 Å². The molecule has 0 aliphatic heterocycles. The van der Waals surface area contributed by atoms with E-state index >= 15 is 0 Å². The van der Waals surface area contributed by atoms with E-state index in [0.29, 0.717) is 0 Å². The first-order valence-electron chi connectivity index (χ1n) is 11.7. The molecule has 0 spiro atoms. The topological polar surface area (TPSA) is 87.7 Å². The Morgan fingerprint density at radius 3 is 2.24 bits per heavy atom. The minimum absolute atomic E-state index is 0.0407. The fourth-order valence-corrected chi connectivity index (χ4v) is 4.06. The van der Waals surface area contributed by atoms with Gasteiger partial charge >= 0.3 is 6.09 Å². The molecule has 8 heteroatoms. The van der Waals surface area contributed by atoms with Gasteiger partial charge in [-0.25, -0.2) is 4.79 Å². The highest BCUT2D eigenvalue weighted by atomic mass is 32.1. The Balaban J connectivity index is 3.44. The monoisotopic (exact) mass is 491 g/mol. The maximum absolute atomic E-state index is 13.7. The van der Waals surface area contributed by atoms with Crippen LogP contribution in [0.15, 0.2) is 30.9 Å². The lowest BCUT2D eigenvalue weighted by molar-refractivity contribution is -0.141. The quantitative estimate of drug-likeness (QED) is 0.314. The van der Waals surface area contributed by atoms with Crippen molar-refractivity contribution in [2.24, 2.45) is 0 Å². The maximum Gasteiger partial charge on any atom is 0.408 e. The largest absolute Gasteiger partial charge is 0.444 e. The van der Waals surface area contributed by atoms with Gasteiger partial charge in [0.15, 0.2) is 0 Å². The molecule has 1 rings (SSSR count). The third-order valence-electron chi connectivity index (χ3n) is 5.27. The maximum atomic E-state index is 13.7. The summed E-state index contributed by atoms with van der Waals surface area (Å²) in [7, 11) is 0. The lowest BCUT2D eigenvalue weighted by Gasteiger charge is -2.35. The zero-order valence-electron chi connectivity index (χ0n) is 21.6. The van der Waals surface area contributed by atoms with E-state index in [4.69, 9.17) is 4.74 Å². The van der Waals surface area contributed by atoms with Crippen LogP contribution in [-0.2, 0) is 14.3 Å². The van der Waals surface area contributed by atoms with Crippen LogP contribution in [0.2, 0.25) is 0 Å². The molecule has 1 aromatic carbocycles. The first-order chi connectivity index (χ1) is 15.9. The van der Waals surface area contributed by atoms with Crippen molar-refractivity contribution in [2.45, 2.75) is 85.0 Å². The molecule has 7 nitrogen and oxygen atoms in total. The third-order valence-corrected chi connectivity index (χ3v) is 5.63. The summed E-state index contributed by atoms with van der Waals surface area (Å²) in [6.45, 7) is 17.0. The summed E-state index contributed by atoms with van der Waals surface area (Å²) in [5.74, 6) is -0.672. The number of alkyl carbamates (subject to hydrolysis) is 1. The van der Waals surface area contributed by atoms with Crippen LogP contribution in [0.4, 0.5) is 4.79 Å². The van der Waals surface area contributed by atoms with Gasteiger partial charge in [-0.15, -0.1) is 6.58 Å².